The van der Waals surface area contributed by atoms with Gasteiger partial charge in [0.25, 0.3) is 0 Å². The third-order valence-corrected chi connectivity index (χ3v) is 1.61. The van der Waals surface area contributed by atoms with Crippen molar-refractivity contribution in [3.05, 3.63) is 0 Å². The lowest BCUT2D eigenvalue weighted by Crippen LogP contribution is -2.17. The van der Waals surface area contributed by atoms with Crippen LogP contribution in [-0.4, -0.2) is 24.2 Å². The van der Waals surface area contributed by atoms with E-state index in [4.69, 9.17) is 0 Å². The molecule has 0 saturated carbocycles. The Hall–Kier alpha value is 0.230. The van der Waals surface area contributed by atoms with E-state index in [9.17, 15) is 13.2 Å². The highest BCUT2D eigenvalue weighted by molar-refractivity contribution is 9.09. The Morgan fingerprint density at radius 3 is 2.42 bits per heavy atom. The van der Waals surface area contributed by atoms with Gasteiger partial charge in [0, 0.05) is 11.4 Å². The predicted molar refractivity (Wildman–Crippen MR) is 44.5 cm³/mol. The maximum atomic E-state index is 11.5. The Balaban J connectivity index is 3.12. The number of alkyl halides is 4. The van der Waals surface area contributed by atoms with Crippen molar-refractivity contribution in [1.82, 2.24) is 0 Å². The molecule has 0 aliphatic rings. The molecule has 0 saturated heterocycles. The van der Waals surface area contributed by atoms with Crippen molar-refractivity contribution in [3.63, 3.8) is 0 Å². The summed E-state index contributed by atoms with van der Waals surface area (Å²) >= 11 is 3.29. The van der Waals surface area contributed by atoms with Gasteiger partial charge in [-0.3, -0.25) is 0 Å². The van der Waals surface area contributed by atoms with Gasteiger partial charge in [-0.2, -0.15) is 13.2 Å². The molecule has 0 bridgehead atoms. The first-order valence-electron chi connectivity index (χ1n) is 3.70. The lowest BCUT2D eigenvalue weighted by Gasteiger charge is -2.07. The third kappa shape index (κ3) is 10.2. The van der Waals surface area contributed by atoms with Gasteiger partial charge in [-0.1, -0.05) is 22.9 Å². The zero-order valence-electron chi connectivity index (χ0n) is 6.83. The molecule has 0 aliphatic carbocycles. The Bertz CT molecular complexity index is 114. The minimum atomic E-state index is -4.19. The van der Waals surface area contributed by atoms with Crippen LogP contribution in [-0.2, 0) is 4.74 Å². The molecule has 5 heteroatoms. The average Bonchev–Trinajstić information content (AvgIpc) is 1.83. The van der Waals surface area contributed by atoms with E-state index in [0.717, 1.165) is 6.42 Å². The molecule has 0 fully saturated rings. The molecule has 1 atom stereocenters. The van der Waals surface area contributed by atoms with Gasteiger partial charge in [0.05, 0.1) is 0 Å². The highest BCUT2D eigenvalue weighted by atomic mass is 79.9. The van der Waals surface area contributed by atoms with Gasteiger partial charge in [-0.15, -0.1) is 0 Å². The summed E-state index contributed by atoms with van der Waals surface area (Å²) in [6.07, 6.45) is -2.71. The lowest BCUT2D eigenvalue weighted by atomic mass is 10.3. The summed E-state index contributed by atoms with van der Waals surface area (Å²) in [6, 6.07) is 0. The number of rotatable bonds is 5. The second-order valence-electron chi connectivity index (χ2n) is 2.59. The maximum Gasteiger partial charge on any atom is 0.411 e. The zero-order valence-corrected chi connectivity index (χ0v) is 8.41. The molecule has 0 spiro atoms. The molecule has 0 unspecified atom stereocenters. The highest BCUT2D eigenvalue weighted by Crippen LogP contribution is 2.15. The van der Waals surface area contributed by atoms with Crippen LogP contribution in [0.15, 0.2) is 0 Å². The van der Waals surface area contributed by atoms with Crippen molar-refractivity contribution in [2.24, 2.45) is 0 Å². The van der Waals surface area contributed by atoms with Gasteiger partial charge < -0.3 is 4.74 Å². The van der Waals surface area contributed by atoms with Gasteiger partial charge in [-0.05, 0) is 12.8 Å². The number of ether oxygens (including phenoxy) is 1. The maximum absolute atomic E-state index is 11.5. The van der Waals surface area contributed by atoms with Crippen molar-refractivity contribution >= 4 is 15.9 Å². The molecule has 12 heavy (non-hydrogen) atoms. The number of hydrogen-bond donors (Lipinski definition) is 0. The van der Waals surface area contributed by atoms with Gasteiger partial charge >= 0.3 is 6.18 Å². The van der Waals surface area contributed by atoms with Gasteiger partial charge in [0.15, 0.2) is 0 Å². The molecule has 1 nitrogen and oxygen atoms in total. The first kappa shape index (κ1) is 12.2. The SMILES string of the molecule is C[C@@H](Br)CCCOCC(F)(F)F. The third-order valence-electron chi connectivity index (χ3n) is 1.16. The summed E-state index contributed by atoms with van der Waals surface area (Å²) in [5, 5.41) is 0. The van der Waals surface area contributed by atoms with Crippen LogP contribution >= 0.6 is 15.9 Å². The summed E-state index contributed by atoms with van der Waals surface area (Å²) in [4.78, 5) is 0.340. The van der Waals surface area contributed by atoms with E-state index in [1.54, 1.807) is 0 Å². The van der Waals surface area contributed by atoms with E-state index < -0.39 is 12.8 Å². The van der Waals surface area contributed by atoms with Crippen LogP contribution in [0.3, 0.4) is 0 Å². The van der Waals surface area contributed by atoms with Crippen LogP contribution in [0.5, 0.6) is 0 Å². The largest absolute Gasteiger partial charge is 0.411 e. The van der Waals surface area contributed by atoms with E-state index in [0.29, 0.717) is 11.2 Å². The van der Waals surface area contributed by atoms with E-state index >= 15 is 0 Å². The topological polar surface area (TPSA) is 9.23 Å². The first-order chi connectivity index (χ1) is 5.42. The quantitative estimate of drug-likeness (QED) is 0.537. The van der Waals surface area contributed by atoms with Crippen LogP contribution in [0.4, 0.5) is 13.2 Å². The molecule has 0 rings (SSSR count). The van der Waals surface area contributed by atoms with Crippen molar-refractivity contribution in [1.29, 1.82) is 0 Å². The molecule has 0 heterocycles. The smallest absolute Gasteiger partial charge is 0.372 e. The predicted octanol–water partition coefficient (Wildman–Crippen LogP) is 3.13. The van der Waals surface area contributed by atoms with Gasteiger partial charge in [0.2, 0.25) is 0 Å². The first-order valence-corrected chi connectivity index (χ1v) is 4.62. The van der Waals surface area contributed by atoms with E-state index in [2.05, 4.69) is 20.7 Å². The second-order valence-corrected chi connectivity index (χ2v) is 4.15. The fourth-order valence-electron chi connectivity index (χ4n) is 0.655. The van der Waals surface area contributed by atoms with Crippen LogP contribution in [0.2, 0.25) is 0 Å². The Labute approximate surface area is 78.4 Å². The molecule has 0 N–H and O–H groups in total. The fourth-order valence-corrected chi connectivity index (χ4v) is 0.978. The van der Waals surface area contributed by atoms with Crippen molar-refractivity contribution < 1.29 is 17.9 Å². The molecule has 0 aromatic heterocycles. The second kappa shape index (κ2) is 5.80. The molecule has 74 valence electrons. The van der Waals surface area contributed by atoms with E-state index in [-0.39, 0.29) is 6.61 Å². The fraction of sp³-hybridized carbons (Fsp3) is 1.00. The van der Waals surface area contributed by atoms with Gasteiger partial charge in [0.1, 0.15) is 6.61 Å². The minimum absolute atomic E-state index is 0.176. The number of halogens is 4. The van der Waals surface area contributed by atoms with Crippen LogP contribution < -0.4 is 0 Å². The monoisotopic (exact) mass is 248 g/mol. The molecule has 0 aromatic rings. The molecule has 0 aliphatic heterocycles. The molecular formula is C7H12BrF3O. The summed E-state index contributed by atoms with van der Waals surface area (Å²) in [7, 11) is 0. The van der Waals surface area contributed by atoms with Crippen molar-refractivity contribution in [2.45, 2.75) is 30.8 Å². The van der Waals surface area contributed by atoms with Crippen LogP contribution in [0.25, 0.3) is 0 Å². The molecule has 0 amide bonds. The van der Waals surface area contributed by atoms with E-state index in [1.807, 2.05) is 6.92 Å². The van der Waals surface area contributed by atoms with Crippen molar-refractivity contribution in [3.8, 4) is 0 Å². The number of hydrogen-bond acceptors (Lipinski definition) is 1. The summed E-state index contributed by atoms with van der Waals surface area (Å²) in [5.74, 6) is 0. The Kier molecular flexibility index (Phi) is 5.92. The Morgan fingerprint density at radius 2 is 2.00 bits per heavy atom. The summed E-state index contributed by atoms with van der Waals surface area (Å²) < 4.78 is 38.9. The van der Waals surface area contributed by atoms with E-state index in [1.165, 1.54) is 0 Å². The normalized spacial score (nSPS) is 14.8. The average molecular weight is 249 g/mol. The van der Waals surface area contributed by atoms with Crippen LogP contribution in [0.1, 0.15) is 19.8 Å². The summed E-state index contributed by atoms with van der Waals surface area (Å²) in [6.45, 7) is 0.989. The zero-order chi connectivity index (χ0) is 9.61. The summed E-state index contributed by atoms with van der Waals surface area (Å²) in [5.41, 5.74) is 0. The standard InChI is InChI=1S/C7H12BrF3O/c1-6(8)3-2-4-12-5-7(9,10)11/h6H,2-5H2,1H3/t6-/m1/s1. The molecule has 0 radical (unpaired) electrons. The van der Waals surface area contributed by atoms with Gasteiger partial charge in [-0.25, -0.2) is 0 Å². The lowest BCUT2D eigenvalue weighted by molar-refractivity contribution is -0.174. The Morgan fingerprint density at radius 1 is 1.42 bits per heavy atom. The van der Waals surface area contributed by atoms with Crippen LogP contribution in [0, 0.1) is 0 Å². The molecule has 0 aromatic carbocycles. The highest BCUT2D eigenvalue weighted by Gasteiger charge is 2.27. The molecular weight excluding hydrogens is 237 g/mol. The van der Waals surface area contributed by atoms with Crippen molar-refractivity contribution in [2.75, 3.05) is 13.2 Å². The minimum Gasteiger partial charge on any atom is -0.372 e.